The smallest absolute Gasteiger partial charge is 0.310 e. The predicted molar refractivity (Wildman–Crippen MR) is 282 cm³/mol. The number of fused-ring (bicyclic) bond motifs is 7. The summed E-state index contributed by atoms with van der Waals surface area (Å²) in [7, 11) is 0. The number of carboxylic acid groups (broad SMARTS) is 1. The molecule has 0 aromatic rings. The van der Waals surface area contributed by atoms with Crippen LogP contribution in [0.4, 0.5) is 0 Å². The zero-order chi connectivity index (χ0) is 60.4. The number of ether oxygens (including phenoxy) is 10. The van der Waals surface area contributed by atoms with Crippen molar-refractivity contribution in [2.75, 3.05) is 26.4 Å². The summed E-state index contributed by atoms with van der Waals surface area (Å²) in [5.41, 5.74) is -0.442. The molecule has 25 nitrogen and oxygen atoms in total. The number of carbonyl (C=O) groups is 1. The number of aliphatic hydroxyl groups is 13. The molecule has 0 radical (unpaired) electrons. The molecule has 0 bridgehead atoms. The van der Waals surface area contributed by atoms with E-state index in [0.717, 1.165) is 44.9 Å². The monoisotopic (exact) mass is 1190 g/mol. The van der Waals surface area contributed by atoms with Crippen LogP contribution < -0.4 is 0 Å². The minimum Gasteiger partial charge on any atom is -0.481 e. The number of hydrogen-bond donors (Lipinski definition) is 14. The van der Waals surface area contributed by atoms with Crippen LogP contribution in [0.25, 0.3) is 0 Å². The van der Waals surface area contributed by atoms with E-state index in [0.29, 0.717) is 19.3 Å². The van der Waals surface area contributed by atoms with Crippen molar-refractivity contribution >= 4 is 5.97 Å². The van der Waals surface area contributed by atoms with Gasteiger partial charge in [-0.3, -0.25) is 4.79 Å². The van der Waals surface area contributed by atoms with Gasteiger partial charge >= 0.3 is 5.97 Å². The van der Waals surface area contributed by atoms with Gasteiger partial charge in [0.2, 0.25) is 0 Å². The second-order valence-electron chi connectivity index (χ2n) is 28.2. The number of rotatable bonds is 13. The van der Waals surface area contributed by atoms with Crippen LogP contribution in [0.15, 0.2) is 11.6 Å². The van der Waals surface area contributed by atoms with Crippen LogP contribution in [0.5, 0.6) is 0 Å². The van der Waals surface area contributed by atoms with Crippen molar-refractivity contribution in [1.29, 1.82) is 0 Å². The highest BCUT2D eigenvalue weighted by atomic mass is 16.8. The molecule has 5 aliphatic heterocycles. The highest BCUT2D eigenvalue weighted by Gasteiger charge is 2.70. The lowest BCUT2D eigenvalue weighted by Gasteiger charge is -2.71. The summed E-state index contributed by atoms with van der Waals surface area (Å²) < 4.78 is 60.5. The first-order chi connectivity index (χ1) is 38.9. The van der Waals surface area contributed by atoms with Crippen molar-refractivity contribution < 1.29 is 124 Å². The third-order valence-electron chi connectivity index (χ3n) is 22.8. The van der Waals surface area contributed by atoms with E-state index in [1.165, 1.54) is 12.5 Å². The Hall–Kier alpha value is -1.71. The summed E-state index contributed by atoms with van der Waals surface area (Å²) in [5.74, 6) is -0.323. The minimum atomic E-state index is -1.99. The zero-order valence-electron chi connectivity index (χ0n) is 48.8. The molecule has 0 spiro atoms. The average Bonchev–Trinajstić information content (AvgIpc) is 2.40. The Balaban J connectivity index is 0.893. The molecule has 83 heavy (non-hydrogen) atoms. The van der Waals surface area contributed by atoms with E-state index in [-0.39, 0.29) is 39.4 Å². The lowest BCUT2D eigenvalue weighted by atomic mass is 9.33. The van der Waals surface area contributed by atoms with Crippen molar-refractivity contribution in [3.8, 4) is 0 Å². The molecule has 25 heteroatoms. The number of hydrogen-bond acceptors (Lipinski definition) is 24. The molecule has 0 amide bonds. The van der Waals surface area contributed by atoms with Crippen LogP contribution in [0.1, 0.15) is 120 Å². The van der Waals surface area contributed by atoms with Crippen LogP contribution in [0.2, 0.25) is 0 Å². The lowest BCUT2D eigenvalue weighted by Crippen LogP contribution is -2.67. The normalized spacial score (nSPS) is 54.3. The fourth-order valence-electron chi connectivity index (χ4n) is 17.5. The average molecular weight is 1190 g/mol. The van der Waals surface area contributed by atoms with Gasteiger partial charge < -0.3 is 119 Å². The van der Waals surface area contributed by atoms with Crippen molar-refractivity contribution in [1.82, 2.24) is 0 Å². The predicted octanol–water partition coefficient (Wildman–Crippen LogP) is -1.34. The van der Waals surface area contributed by atoms with Crippen LogP contribution in [-0.4, -0.2) is 251 Å². The summed E-state index contributed by atoms with van der Waals surface area (Å²) in [4.78, 5) is 13.3. The van der Waals surface area contributed by atoms with Gasteiger partial charge in [0.05, 0.1) is 44.1 Å². The first-order valence-corrected chi connectivity index (χ1v) is 30.0. The summed E-state index contributed by atoms with van der Waals surface area (Å²) >= 11 is 0. The van der Waals surface area contributed by atoms with Crippen LogP contribution in [0, 0.1) is 50.2 Å². The van der Waals surface area contributed by atoms with Gasteiger partial charge in [-0.2, -0.15) is 0 Å². The Morgan fingerprint density at radius 3 is 1.84 bits per heavy atom. The van der Waals surface area contributed by atoms with Gasteiger partial charge in [-0.1, -0.05) is 60.1 Å². The van der Waals surface area contributed by atoms with Crippen LogP contribution >= 0.6 is 0 Å². The summed E-state index contributed by atoms with van der Waals surface area (Å²) in [6.07, 6.45) is -28.6. The van der Waals surface area contributed by atoms with Gasteiger partial charge in [-0.25, -0.2) is 0 Å². The van der Waals surface area contributed by atoms with Gasteiger partial charge in [0.25, 0.3) is 0 Å². The van der Waals surface area contributed by atoms with E-state index in [4.69, 9.17) is 47.4 Å². The molecule has 0 aromatic carbocycles. The van der Waals surface area contributed by atoms with E-state index in [1.807, 2.05) is 0 Å². The van der Waals surface area contributed by atoms with Crippen molar-refractivity contribution in [3.05, 3.63) is 11.6 Å². The molecule has 476 valence electrons. The first kappa shape index (κ1) is 64.3. The van der Waals surface area contributed by atoms with Crippen LogP contribution in [-0.2, 0) is 52.2 Å². The molecule has 0 aromatic heterocycles. The Labute approximate surface area is 483 Å². The number of allylic oxidation sites excluding steroid dienone is 2. The largest absolute Gasteiger partial charge is 0.481 e. The molecule has 14 N–H and O–H groups in total. The van der Waals surface area contributed by atoms with Crippen molar-refractivity contribution in [2.45, 2.75) is 267 Å². The molecule has 10 aliphatic rings. The van der Waals surface area contributed by atoms with E-state index in [1.54, 1.807) is 0 Å². The van der Waals surface area contributed by atoms with Gasteiger partial charge in [-0.05, 0) is 116 Å². The summed E-state index contributed by atoms with van der Waals surface area (Å²) in [6.45, 7) is 15.1. The zero-order valence-corrected chi connectivity index (χ0v) is 48.8. The van der Waals surface area contributed by atoms with E-state index in [2.05, 4.69) is 54.5 Å². The minimum absolute atomic E-state index is 0.0277. The number of carboxylic acids is 1. The Bertz CT molecular complexity index is 2310. The van der Waals surface area contributed by atoms with E-state index < -0.39 is 191 Å². The maximum absolute atomic E-state index is 13.3. The molecule has 10 rings (SSSR count). The maximum Gasteiger partial charge on any atom is 0.310 e. The van der Waals surface area contributed by atoms with E-state index >= 15 is 0 Å². The molecule has 31 unspecified atom stereocenters. The SMILES string of the molecule is CC1OC(OC2C(OC3CCC4(C)C(CCC5(C)C4CC=C4C6CC(C)(C)CCC6(C(=O)O)CCC45C)C3(C)C)OCC(OC3OC(CO)C(OC4OC(CO)C(O)C(O)C4O)C(O)C3O)C2O)C(O)C(OC2OCC(O)C(O)C2O)C1O. The lowest BCUT2D eigenvalue weighted by molar-refractivity contribution is -0.393. The van der Waals surface area contributed by atoms with Gasteiger partial charge in [0.15, 0.2) is 31.5 Å². The van der Waals surface area contributed by atoms with Gasteiger partial charge in [0.1, 0.15) is 104 Å². The number of aliphatic hydroxyl groups excluding tert-OH is 13. The van der Waals surface area contributed by atoms with Gasteiger partial charge in [0, 0.05) is 0 Å². The molecule has 31 atom stereocenters. The second kappa shape index (κ2) is 23.6. The molecule has 5 aliphatic carbocycles. The molecule has 9 fully saturated rings. The quantitative estimate of drug-likeness (QED) is 0.0750. The fourth-order valence-corrected chi connectivity index (χ4v) is 17.5. The Morgan fingerprint density at radius 2 is 1.16 bits per heavy atom. The Morgan fingerprint density at radius 1 is 0.554 bits per heavy atom. The maximum atomic E-state index is 13.3. The third-order valence-corrected chi connectivity index (χ3v) is 22.8. The molecule has 5 heterocycles. The summed E-state index contributed by atoms with van der Waals surface area (Å²) in [5, 5.41) is 152. The van der Waals surface area contributed by atoms with Crippen molar-refractivity contribution in [2.24, 2.45) is 50.2 Å². The molecular formula is C58H94O25. The molecule has 5 saturated heterocycles. The third kappa shape index (κ3) is 10.8. The first-order valence-electron chi connectivity index (χ1n) is 30.0. The highest BCUT2D eigenvalue weighted by molar-refractivity contribution is 5.76. The topological polar surface area (TPSA) is 393 Å². The standard InChI is InChI=1S/C58H94O25/c1-24-34(62)45(82-47-40(68)35(63)27(61)22-74-47)43(71)50(76-24)83-46-37(65)30(79-48-42(70)39(67)44(29(21-60)78-48)81-49-41(69)38(66)36(64)28(20-59)77-49)23-75-51(46)80-33-12-13-55(6)31(54(33,4)5)11-14-57(8)32(55)10-9-25-26-19-53(2,3)15-17-58(26,52(72)73)18-16-56(25,57)7/h9,24,26-51,59-71H,10-23H2,1-8H3,(H,72,73). The number of aliphatic carboxylic acids is 1. The molecule has 4 saturated carbocycles. The van der Waals surface area contributed by atoms with Crippen molar-refractivity contribution in [3.63, 3.8) is 0 Å². The molecular weight excluding hydrogens is 1100 g/mol. The Kier molecular flexibility index (Phi) is 18.3. The van der Waals surface area contributed by atoms with Gasteiger partial charge in [-0.15, -0.1) is 0 Å². The fraction of sp³-hybridized carbons (Fsp3) is 0.948. The van der Waals surface area contributed by atoms with Crippen LogP contribution in [0.3, 0.4) is 0 Å². The second-order valence-corrected chi connectivity index (χ2v) is 28.2. The van der Waals surface area contributed by atoms with E-state index in [9.17, 15) is 76.3 Å². The summed E-state index contributed by atoms with van der Waals surface area (Å²) in [6, 6.07) is 0. The highest BCUT2D eigenvalue weighted by Crippen LogP contribution is 2.76.